The summed E-state index contributed by atoms with van der Waals surface area (Å²) < 4.78 is 22.1. The molecule has 46 heavy (non-hydrogen) atoms. The molecular weight excluding hydrogens is 572 g/mol. The quantitative estimate of drug-likeness (QED) is 0.146. The summed E-state index contributed by atoms with van der Waals surface area (Å²) in [5, 5.41) is 0. The lowest BCUT2D eigenvalue weighted by Gasteiger charge is -2.27. The fraction of sp³-hybridized carbons (Fsp3) is 0.100. The summed E-state index contributed by atoms with van der Waals surface area (Å²) in [5.41, 5.74) is 8.20. The van der Waals surface area contributed by atoms with E-state index in [-0.39, 0.29) is 0 Å². The molecule has 0 unspecified atom stereocenters. The van der Waals surface area contributed by atoms with Gasteiger partial charge in [-0.05, 0) is 83.9 Å². The predicted octanol–water partition coefficient (Wildman–Crippen LogP) is 10.3. The van der Waals surface area contributed by atoms with E-state index in [1.807, 2.05) is 72.8 Å². The number of hydrogen-bond acceptors (Lipinski definition) is 6. The van der Waals surface area contributed by atoms with Crippen LogP contribution < -0.4 is 28.7 Å². The van der Waals surface area contributed by atoms with Crippen LogP contribution >= 0.6 is 0 Å². The molecule has 0 aliphatic carbocycles. The summed E-state index contributed by atoms with van der Waals surface area (Å²) in [6, 6.07) is 49.4. The van der Waals surface area contributed by atoms with Gasteiger partial charge in [0.2, 0.25) is 0 Å². The van der Waals surface area contributed by atoms with Crippen molar-refractivity contribution in [3.63, 3.8) is 0 Å². The molecule has 0 spiro atoms. The Morgan fingerprint density at radius 3 is 0.804 bits per heavy atom. The van der Waals surface area contributed by atoms with Crippen LogP contribution in [0.2, 0.25) is 0 Å². The van der Waals surface area contributed by atoms with E-state index >= 15 is 0 Å². The van der Waals surface area contributed by atoms with E-state index in [9.17, 15) is 0 Å². The van der Waals surface area contributed by atoms with Gasteiger partial charge in [-0.3, -0.25) is 0 Å². The highest BCUT2D eigenvalue weighted by Crippen LogP contribution is 2.40. The Balaban J connectivity index is 1.34. The molecule has 0 amide bonds. The minimum Gasteiger partial charge on any atom is -0.497 e. The molecule has 6 nitrogen and oxygen atoms in total. The van der Waals surface area contributed by atoms with Gasteiger partial charge >= 0.3 is 0 Å². The highest BCUT2D eigenvalue weighted by Gasteiger charge is 2.16. The second kappa shape index (κ2) is 13.8. The first-order chi connectivity index (χ1) is 22.6. The summed E-state index contributed by atoms with van der Waals surface area (Å²) in [6.45, 7) is 0. The zero-order chi connectivity index (χ0) is 31.9. The molecule has 0 saturated heterocycles. The Hall–Kier alpha value is -5.88. The number of nitrogens with zero attached hydrogens (tertiary/aromatic N) is 2. The Labute approximate surface area is 270 Å². The number of benzene rings is 6. The van der Waals surface area contributed by atoms with Gasteiger partial charge in [0.25, 0.3) is 0 Å². The van der Waals surface area contributed by atoms with Gasteiger partial charge in [-0.25, -0.2) is 0 Å². The first-order valence-corrected chi connectivity index (χ1v) is 15.0. The van der Waals surface area contributed by atoms with Crippen LogP contribution in [0.15, 0.2) is 146 Å². The summed E-state index contributed by atoms with van der Waals surface area (Å²) in [6.07, 6.45) is 0. The van der Waals surface area contributed by atoms with Crippen molar-refractivity contribution in [2.75, 3.05) is 38.2 Å². The average molecular weight is 609 g/mol. The summed E-state index contributed by atoms with van der Waals surface area (Å²) in [4.78, 5) is 4.39. The molecule has 0 heterocycles. The number of ether oxygens (including phenoxy) is 4. The van der Waals surface area contributed by atoms with E-state index in [0.29, 0.717) is 0 Å². The van der Waals surface area contributed by atoms with Crippen molar-refractivity contribution in [1.29, 1.82) is 0 Å². The van der Waals surface area contributed by atoms with E-state index in [2.05, 4.69) is 82.6 Å². The lowest BCUT2D eigenvalue weighted by Crippen LogP contribution is -2.10. The zero-order valence-corrected chi connectivity index (χ0v) is 26.4. The van der Waals surface area contributed by atoms with Gasteiger partial charge in [0.1, 0.15) is 23.0 Å². The third kappa shape index (κ3) is 6.47. The Bertz CT molecular complexity index is 1670. The SMILES string of the molecule is COc1cccc(N(c2ccc(-c3ccc(N(c4cccc(OC)c4)c4cccc(OC)c4)cc3)cc2)c2cccc(OC)c2)c1. The maximum absolute atomic E-state index is 5.54. The molecule has 0 aliphatic rings. The van der Waals surface area contributed by atoms with E-state index < -0.39 is 0 Å². The van der Waals surface area contributed by atoms with Crippen LogP contribution in [-0.4, -0.2) is 28.4 Å². The van der Waals surface area contributed by atoms with Gasteiger partial charge in [0, 0.05) is 58.4 Å². The van der Waals surface area contributed by atoms with Crippen molar-refractivity contribution in [2.45, 2.75) is 0 Å². The lowest BCUT2D eigenvalue weighted by molar-refractivity contribution is 0.414. The molecule has 0 bridgehead atoms. The molecule has 0 aliphatic heterocycles. The molecule has 6 rings (SSSR count). The van der Waals surface area contributed by atoms with Crippen LogP contribution in [0.4, 0.5) is 34.1 Å². The number of hydrogen-bond donors (Lipinski definition) is 0. The number of anilines is 6. The monoisotopic (exact) mass is 608 g/mol. The summed E-state index contributed by atoms with van der Waals surface area (Å²) >= 11 is 0. The molecule has 230 valence electrons. The van der Waals surface area contributed by atoms with Gasteiger partial charge in [0.05, 0.1) is 28.4 Å². The topological polar surface area (TPSA) is 43.4 Å². The standard InChI is InChI=1S/C40H36N2O4/c1-43-37-13-5-9-33(25-37)41(34-10-6-14-38(26-34)44-2)31-21-17-29(18-22-31)30-19-23-32(24-20-30)42(35-11-7-15-39(27-35)45-3)36-12-8-16-40(28-36)46-4/h5-28H,1-4H3. The van der Waals surface area contributed by atoms with Crippen molar-refractivity contribution in [2.24, 2.45) is 0 Å². The molecule has 0 aromatic heterocycles. The van der Waals surface area contributed by atoms with Crippen LogP contribution in [0.25, 0.3) is 11.1 Å². The van der Waals surface area contributed by atoms with Gasteiger partial charge < -0.3 is 28.7 Å². The normalized spacial score (nSPS) is 10.6. The van der Waals surface area contributed by atoms with Crippen molar-refractivity contribution < 1.29 is 18.9 Å². The maximum atomic E-state index is 5.54. The summed E-state index contributed by atoms with van der Waals surface area (Å²) in [7, 11) is 6.73. The zero-order valence-electron chi connectivity index (χ0n) is 26.4. The Morgan fingerprint density at radius 2 is 0.565 bits per heavy atom. The molecule has 0 atom stereocenters. The minimum absolute atomic E-state index is 0.791. The van der Waals surface area contributed by atoms with Crippen LogP contribution in [0, 0.1) is 0 Å². The van der Waals surface area contributed by atoms with Gasteiger partial charge in [-0.2, -0.15) is 0 Å². The van der Waals surface area contributed by atoms with Crippen LogP contribution in [0.3, 0.4) is 0 Å². The largest absolute Gasteiger partial charge is 0.497 e. The van der Waals surface area contributed by atoms with Crippen LogP contribution in [0.1, 0.15) is 0 Å². The molecule has 0 saturated carbocycles. The molecule has 0 fully saturated rings. The summed E-state index contributed by atoms with van der Waals surface area (Å²) in [5.74, 6) is 3.16. The third-order valence-corrected chi connectivity index (χ3v) is 7.83. The first-order valence-electron chi connectivity index (χ1n) is 15.0. The second-order valence-corrected chi connectivity index (χ2v) is 10.6. The highest BCUT2D eigenvalue weighted by atomic mass is 16.5. The number of methoxy groups -OCH3 is 4. The van der Waals surface area contributed by atoms with Crippen molar-refractivity contribution in [1.82, 2.24) is 0 Å². The smallest absolute Gasteiger partial charge is 0.120 e. The van der Waals surface area contributed by atoms with Gasteiger partial charge in [-0.15, -0.1) is 0 Å². The predicted molar refractivity (Wildman–Crippen MR) is 187 cm³/mol. The fourth-order valence-corrected chi connectivity index (χ4v) is 5.50. The molecule has 6 aromatic rings. The third-order valence-electron chi connectivity index (χ3n) is 7.83. The highest BCUT2D eigenvalue weighted by molar-refractivity contribution is 5.81. The van der Waals surface area contributed by atoms with Crippen molar-refractivity contribution in [3.8, 4) is 34.1 Å². The lowest BCUT2D eigenvalue weighted by atomic mass is 10.0. The Kier molecular flexibility index (Phi) is 9.07. The average Bonchev–Trinajstić information content (AvgIpc) is 3.13. The first kappa shape index (κ1) is 30.2. The molecular formula is C40H36N2O4. The van der Waals surface area contributed by atoms with E-state index in [0.717, 1.165) is 68.2 Å². The Morgan fingerprint density at radius 1 is 0.304 bits per heavy atom. The molecule has 0 radical (unpaired) electrons. The molecule has 6 heteroatoms. The van der Waals surface area contributed by atoms with Crippen LogP contribution in [-0.2, 0) is 0 Å². The van der Waals surface area contributed by atoms with E-state index in [4.69, 9.17) is 18.9 Å². The van der Waals surface area contributed by atoms with E-state index in [1.165, 1.54) is 0 Å². The van der Waals surface area contributed by atoms with Crippen molar-refractivity contribution >= 4 is 34.1 Å². The molecule has 0 N–H and O–H groups in total. The minimum atomic E-state index is 0.791. The van der Waals surface area contributed by atoms with E-state index in [1.54, 1.807) is 28.4 Å². The molecule has 6 aromatic carbocycles. The van der Waals surface area contributed by atoms with Crippen molar-refractivity contribution in [3.05, 3.63) is 146 Å². The van der Waals surface area contributed by atoms with Gasteiger partial charge in [0.15, 0.2) is 0 Å². The van der Waals surface area contributed by atoms with Gasteiger partial charge in [-0.1, -0.05) is 48.5 Å². The maximum Gasteiger partial charge on any atom is 0.120 e. The second-order valence-electron chi connectivity index (χ2n) is 10.6. The fourth-order valence-electron chi connectivity index (χ4n) is 5.50. The van der Waals surface area contributed by atoms with Crippen LogP contribution in [0.5, 0.6) is 23.0 Å². The number of rotatable bonds is 11.